The molecule has 18 heavy (non-hydrogen) atoms. The minimum Gasteiger partial charge on any atom is -0.323 e. The normalized spacial score (nSPS) is 22.5. The Morgan fingerprint density at radius 1 is 1.61 bits per heavy atom. The SMILES string of the molecule is CC1(C(=O)Nc2ccc(C#N)cc2Br)CCCN1. The van der Waals surface area contributed by atoms with Gasteiger partial charge < -0.3 is 10.6 Å². The number of amides is 1. The Morgan fingerprint density at radius 2 is 2.39 bits per heavy atom. The Kier molecular flexibility index (Phi) is 3.69. The van der Waals surface area contributed by atoms with Crippen molar-refractivity contribution in [2.24, 2.45) is 0 Å². The zero-order valence-electron chi connectivity index (χ0n) is 10.1. The lowest BCUT2D eigenvalue weighted by atomic mass is 9.99. The third-order valence-electron chi connectivity index (χ3n) is 3.22. The lowest BCUT2D eigenvalue weighted by Gasteiger charge is -2.23. The minimum absolute atomic E-state index is 0.0367. The Morgan fingerprint density at radius 3 is 2.94 bits per heavy atom. The minimum atomic E-state index is -0.493. The van der Waals surface area contributed by atoms with Crippen molar-refractivity contribution >= 4 is 27.5 Å². The van der Waals surface area contributed by atoms with Crippen LogP contribution in [0.4, 0.5) is 5.69 Å². The fraction of sp³-hybridized carbons (Fsp3) is 0.385. The molecular weight excluding hydrogens is 294 g/mol. The maximum Gasteiger partial charge on any atom is 0.244 e. The number of halogens is 1. The number of carbonyl (C=O) groups is 1. The van der Waals surface area contributed by atoms with Crippen LogP contribution in [0.5, 0.6) is 0 Å². The third-order valence-corrected chi connectivity index (χ3v) is 3.87. The molecule has 1 heterocycles. The van der Waals surface area contributed by atoms with E-state index in [4.69, 9.17) is 5.26 Å². The van der Waals surface area contributed by atoms with Crippen molar-refractivity contribution in [2.75, 3.05) is 11.9 Å². The molecule has 0 bridgehead atoms. The number of nitrogens with one attached hydrogen (secondary N) is 2. The monoisotopic (exact) mass is 307 g/mol. The second-order valence-corrected chi connectivity index (χ2v) is 5.48. The molecule has 0 radical (unpaired) electrons. The van der Waals surface area contributed by atoms with Gasteiger partial charge in [-0.3, -0.25) is 4.79 Å². The Labute approximate surface area is 115 Å². The molecule has 2 rings (SSSR count). The number of hydrogen-bond donors (Lipinski definition) is 2. The summed E-state index contributed by atoms with van der Waals surface area (Å²) in [4.78, 5) is 12.2. The maximum absolute atomic E-state index is 12.2. The van der Waals surface area contributed by atoms with Crippen molar-refractivity contribution in [1.29, 1.82) is 5.26 Å². The van der Waals surface area contributed by atoms with Crippen LogP contribution in [0.15, 0.2) is 22.7 Å². The zero-order chi connectivity index (χ0) is 13.2. The number of nitriles is 1. The maximum atomic E-state index is 12.2. The summed E-state index contributed by atoms with van der Waals surface area (Å²) in [6.07, 6.45) is 1.85. The molecule has 0 aliphatic carbocycles. The first kappa shape index (κ1) is 13.1. The molecule has 1 aromatic carbocycles. The fourth-order valence-electron chi connectivity index (χ4n) is 2.03. The first-order valence-electron chi connectivity index (χ1n) is 5.81. The van der Waals surface area contributed by atoms with Gasteiger partial charge >= 0.3 is 0 Å². The Hall–Kier alpha value is -1.38. The molecule has 1 atom stereocenters. The molecule has 1 aliphatic heterocycles. The van der Waals surface area contributed by atoms with Crippen molar-refractivity contribution in [3.05, 3.63) is 28.2 Å². The fourth-order valence-corrected chi connectivity index (χ4v) is 2.51. The summed E-state index contributed by atoms with van der Waals surface area (Å²) in [5, 5.41) is 14.9. The number of carbonyl (C=O) groups excluding carboxylic acids is 1. The van der Waals surface area contributed by atoms with Gasteiger partial charge in [-0.2, -0.15) is 5.26 Å². The smallest absolute Gasteiger partial charge is 0.244 e. The molecule has 4 nitrogen and oxygen atoms in total. The summed E-state index contributed by atoms with van der Waals surface area (Å²) in [6.45, 7) is 2.78. The molecule has 1 aliphatic rings. The summed E-state index contributed by atoms with van der Waals surface area (Å²) >= 11 is 3.36. The van der Waals surface area contributed by atoms with Crippen molar-refractivity contribution in [3.8, 4) is 6.07 Å². The van der Waals surface area contributed by atoms with Crippen molar-refractivity contribution in [2.45, 2.75) is 25.3 Å². The van der Waals surface area contributed by atoms with Crippen molar-refractivity contribution < 1.29 is 4.79 Å². The number of anilines is 1. The van der Waals surface area contributed by atoms with Crippen molar-refractivity contribution in [1.82, 2.24) is 5.32 Å². The van der Waals surface area contributed by atoms with Crippen LogP contribution < -0.4 is 10.6 Å². The predicted molar refractivity (Wildman–Crippen MR) is 73.1 cm³/mol. The van der Waals surface area contributed by atoms with E-state index in [0.717, 1.165) is 23.9 Å². The van der Waals surface area contributed by atoms with E-state index in [1.807, 2.05) is 6.92 Å². The van der Waals surface area contributed by atoms with Gasteiger partial charge in [0.2, 0.25) is 5.91 Å². The van der Waals surface area contributed by atoms with Gasteiger partial charge in [-0.05, 0) is 60.4 Å². The van der Waals surface area contributed by atoms with Gasteiger partial charge in [0.25, 0.3) is 0 Å². The van der Waals surface area contributed by atoms with E-state index in [1.165, 1.54) is 0 Å². The topological polar surface area (TPSA) is 64.9 Å². The second-order valence-electron chi connectivity index (χ2n) is 4.62. The first-order chi connectivity index (χ1) is 8.55. The van der Waals surface area contributed by atoms with Crippen LogP contribution in [0.25, 0.3) is 0 Å². The number of benzene rings is 1. The van der Waals surface area contributed by atoms with Gasteiger partial charge in [-0.25, -0.2) is 0 Å². The van der Waals surface area contributed by atoms with Gasteiger partial charge in [0, 0.05) is 4.47 Å². The molecule has 94 valence electrons. The lowest BCUT2D eigenvalue weighted by molar-refractivity contribution is -0.121. The molecule has 2 N–H and O–H groups in total. The largest absolute Gasteiger partial charge is 0.323 e. The Balaban J connectivity index is 2.15. The van der Waals surface area contributed by atoms with Crippen LogP contribution in [0.1, 0.15) is 25.3 Å². The van der Waals surface area contributed by atoms with Crippen LogP contribution in [0, 0.1) is 11.3 Å². The average molecular weight is 308 g/mol. The van der Waals surface area contributed by atoms with Gasteiger partial charge in [0.05, 0.1) is 22.9 Å². The zero-order valence-corrected chi connectivity index (χ0v) is 11.7. The molecule has 1 aromatic rings. The summed E-state index contributed by atoms with van der Waals surface area (Å²) < 4.78 is 0.719. The average Bonchev–Trinajstić information content (AvgIpc) is 2.80. The van der Waals surface area contributed by atoms with E-state index < -0.39 is 5.54 Å². The molecule has 1 fully saturated rings. The van der Waals surface area contributed by atoms with Gasteiger partial charge in [-0.1, -0.05) is 0 Å². The molecule has 0 aromatic heterocycles. The number of hydrogen-bond acceptors (Lipinski definition) is 3. The van der Waals surface area contributed by atoms with Gasteiger partial charge in [0.15, 0.2) is 0 Å². The standard InChI is InChI=1S/C13H14BrN3O/c1-13(5-2-6-16-13)12(18)17-11-4-3-9(8-15)7-10(11)14/h3-4,7,16H,2,5-6H2,1H3,(H,17,18). The van der Waals surface area contributed by atoms with E-state index >= 15 is 0 Å². The lowest BCUT2D eigenvalue weighted by Crippen LogP contribution is -2.48. The van der Waals surface area contributed by atoms with Gasteiger partial charge in [-0.15, -0.1) is 0 Å². The second kappa shape index (κ2) is 5.09. The van der Waals surface area contributed by atoms with Gasteiger partial charge in [0.1, 0.15) is 0 Å². The molecule has 1 amide bonds. The van der Waals surface area contributed by atoms with E-state index in [9.17, 15) is 4.79 Å². The van der Waals surface area contributed by atoms with Crippen LogP contribution in [-0.2, 0) is 4.79 Å². The van der Waals surface area contributed by atoms with Crippen LogP contribution in [0.3, 0.4) is 0 Å². The first-order valence-corrected chi connectivity index (χ1v) is 6.60. The highest BCUT2D eigenvalue weighted by Gasteiger charge is 2.35. The van der Waals surface area contributed by atoms with Crippen molar-refractivity contribution in [3.63, 3.8) is 0 Å². The Bertz CT molecular complexity index is 515. The summed E-state index contributed by atoms with van der Waals surface area (Å²) in [6, 6.07) is 7.17. The summed E-state index contributed by atoms with van der Waals surface area (Å²) in [7, 11) is 0. The highest BCUT2D eigenvalue weighted by atomic mass is 79.9. The molecule has 1 saturated heterocycles. The number of rotatable bonds is 2. The van der Waals surface area contributed by atoms with E-state index in [-0.39, 0.29) is 5.91 Å². The van der Waals surface area contributed by atoms with Crippen LogP contribution in [-0.4, -0.2) is 18.0 Å². The van der Waals surface area contributed by atoms with Crippen LogP contribution >= 0.6 is 15.9 Å². The molecule has 0 saturated carbocycles. The number of nitrogens with zero attached hydrogens (tertiary/aromatic N) is 1. The molecular formula is C13H14BrN3O. The van der Waals surface area contributed by atoms with E-state index in [0.29, 0.717) is 11.3 Å². The quantitative estimate of drug-likeness (QED) is 0.882. The third kappa shape index (κ3) is 2.55. The summed E-state index contributed by atoms with van der Waals surface area (Å²) in [5.41, 5.74) is 0.756. The highest BCUT2D eigenvalue weighted by molar-refractivity contribution is 9.10. The summed E-state index contributed by atoms with van der Waals surface area (Å²) in [5.74, 6) is -0.0367. The highest BCUT2D eigenvalue weighted by Crippen LogP contribution is 2.26. The predicted octanol–water partition coefficient (Wildman–Crippen LogP) is 2.40. The molecule has 1 unspecified atom stereocenters. The van der Waals surface area contributed by atoms with E-state index in [1.54, 1.807) is 18.2 Å². The van der Waals surface area contributed by atoms with Crippen LogP contribution in [0.2, 0.25) is 0 Å². The molecule has 5 heteroatoms. The van der Waals surface area contributed by atoms with E-state index in [2.05, 4.69) is 32.6 Å². The molecule has 0 spiro atoms.